The van der Waals surface area contributed by atoms with Gasteiger partial charge in [0.2, 0.25) is 5.91 Å². The molecule has 0 spiro atoms. The smallest absolute Gasteiger partial charge is 0.248 e. The maximum absolute atomic E-state index is 11.6. The van der Waals surface area contributed by atoms with Gasteiger partial charge in [0.1, 0.15) is 0 Å². The van der Waals surface area contributed by atoms with E-state index in [1.54, 1.807) is 11.3 Å². The van der Waals surface area contributed by atoms with Gasteiger partial charge in [0, 0.05) is 18.4 Å². The normalized spacial score (nSPS) is 12.4. The Kier molecular flexibility index (Phi) is 3.40. The zero-order chi connectivity index (χ0) is 14.1. The molecule has 102 valence electrons. The highest BCUT2D eigenvalue weighted by molar-refractivity contribution is 7.17. The lowest BCUT2D eigenvalue weighted by Crippen LogP contribution is -2.15. The van der Waals surface area contributed by atoms with Gasteiger partial charge in [-0.2, -0.15) is 4.99 Å². The van der Waals surface area contributed by atoms with E-state index in [1.165, 1.54) is 15.5 Å². The molecule has 0 aliphatic rings. The molecular weight excluding hydrogens is 268 g/mol. The summed E-state index contributed by atoms with van der Waals surface area (Å²) in [4.78, 5) is 16.6. The number of carbonyl (C=O) groups is 1. The van der Waals surface area contributed by atoms with Gasteiger partial charge in [-0.3, -0.25) is 4.79 Å². The van der Waals surface area contributed by atoms with Crippen LogP contribution in [0.1, 0.15) is 20.3 Å². The Bertz CT molecular complexity index is 858. The fourth-order valence-corrected chi connectivity index (χ4v) is 3.62. The van der Waals surface area contributed by atoms with E-state index in [4.69, 9.17) is 0 Å². The molecule has 4 heteroatoms. The molecule has 3 nitrogen and oxygen atoms in total. The van der Waals surface area contributed by atoms with Crippen LogP contribution in [-0.4, -0.2) is 10.5 Å². The number of aryl methyl sites for hydroxylation is 1. The second kappa shape index (κ2) is 5.21. The third-order valence-electron chi connectivity index (χ3n) is 3.41. The van der Waals surface area contributed by atoms with Crippen molar-refractivity contribution in [2.24, 2.45) is 4.99 Å². The number of rotatable bonds is 2. The first-order chi connectivity index (χ1) is 9.74. The van der Waals surface area contributed by atoms with Crippen molar-refractivity contribution in [2.75, 3.05) is 0 Å². The molecule has 1 amide bonds. The number of amides is 1. The fourth-order valence-electron chi connectivity index (χ4n) is 2.38. The van der Waals surface area contributed by atoms with Gasteiger partial charge in [-0.1, -0.05) is 48.6 Å². The number of thiazole rings is 1. The van der Waals surface area contributed by atoms with E-state index in [0.717, 1.165) is 16.9 Å². The van der Waals surface area contributed by atoms with Crippen molar-refractivity contribution < 1.29 is 4.79 Å². The topological polar surface area (TPSA) is 34.4 Å². The number of hydrogen-bond donors (Lipinski definition) is 0. The van der Waals surface area contributed by atoms with Gasteiger partial charge in [-0.05, 0) is 18.4 Å². The number of hydrogen-bond acceptors (Lipinski definition) is 2. The maximum atomic E-state index is 11.6. The van der Waals surface area contributed by atoms with Crippen molar-refractivity contribution in [2.45, 2.75) is 26.8 Å². The first-order valence-electron chi connectivity index (χ1n) is 6.83. The Morgan fingerprint density at radius 2 is 2.00 bits per heavy atom. The average Bonchev–Trinajstić information content (AvgIpc) is 2.84. The van der Waals surface area contributed by atoms with Gasteiger partial charge < -0.3 is 4.57 Å². The third-order valence-corrected chi connectivity index (χ3v) is 4.54. The maximum Gasteiger partial charge on any atom is 0.248 e. The van der Waals surface area contributed by atoms with Crippen molar-refractivity contribution >= 4 is 38.2 Å². The lowest BCUT2D eigenvalue weighted by Gasteiger charge is -2.02. The van der Waals surface area contributed by atoms with E-state index in [1.807, 2.05) is 19.1 Å². The fraction of sp³-hybridized carbons (Fsp3) is 0.250. The zero-order valence-electron chi connectivity index (χ0n) is 11.6. The van der Waals surface area contributed by atoms with Crippen molar-refractivity contribution in [3.63, 3.8) is 0 Å². The van der Waals surface area contributed by atoms with E-state index in [0.29, 0.717) is 6.42 Å². The number of nitrogens with zero attached hydrogens (tertiary/aromatic N) is 2. The van der Waals surface area contributed by atoms with E-state index in [9.17, 15) is 4.79 Å². The van der Waals surface area contributed by atoms with Gasteiger partial charge in [0.05, 0.1) is 10.2 Å². The van der Waals surface area contributed by atoms with Crippen LogP contribution in [0.4, 0.5) is 0 Å². The summed E-state index contributed by atoms with van der Waals surface area (Å²) in [5, 5.41) is 2.44. The lowest BCUT2D eigenvalue weighted by molar-refractivity contribution is -0.117. The second-order valence-corrected chi connectivity index (χ2v) is 5.60. The van der Waals surface area contributed by atoms with Gasteiger partial charge in [-0.25, -0.2) is 0 Å². The second-order valence-electron chi connectivity index (χ2n) is 4.62. The van der Waals surface area contributed by atoms with E-state index in [-0.39, 0.29) is 5.91 Å². The number of benzene rings is 2. The van der Waals surface area contributed by atoms with E-state index in [2.05, 4.69) is 40.7 Å². The SMILES string of the molecule is CCC(=O)N=c1sc2c3ccccc3ccc2n1CC. The molecule has 3 aromatic rings. The summed E-state index contributed by atoms with van der Waals surface area (Å²) in [5.41, 5.74) is 1.15. The molecule has 1 aromatic heterocycles. The molecular formula is C16H16N2OS. The molecule has 0 saturated heterocycles. The van der Waals surface area contributed by atoms with Crippen molar-refractivity contribution in [1.29, 1.82) is 0 Å². The average molecular weight is 284 g/mol. The molecule has 0 bridgehead atoms. The van der Waals surface area contributed by atoms with E-state index < -0.39 is 0 Å². The molecule has 0 unspecified atom stereocenters. The van der Waals surface area contributed by atoms with Crippen LogP contribution in [0.3, 0.4) is 0 Å². The first-order valence-corrected chi connectivity index (χ1v) is 7.65. The zero-order valence-corrected chi connectivity index (χ0v) is 12.4. The summed E-state index contributed by atoms with van der Waals surface area (Å²) >= 11 is 1.60. The highest BCUT2D eigenvalue weighted by Crippen LogP contribution is 2.27. The molecule has 1 heterocycles. The molecule has 0 aliphatic heterocycles. The minimum atomic E-state index is -0.0666. The predicted molar refractivity (Wildman–Crippen MR) is 83.9 cm³/mol. The van der Waals surface area contributed by atoms with Crippen molar-refractivity contribution in [3.05, 3.63) is 41.2 Å². The summed E-state index contributed by atoms with van der Waals surface area (Å²) in [7, 11) is 0. The van der Waals surface area contributed by atoms with Crippen LogP contribution in [0.25, 0.3) is 21.0 Å². The quantitative estimate of drug-likeness (QED) is 0.706. The third kappa shape index (κ3) is 2.06. The Balaban J connectivity index is 2.41. The van der Waals surface area contributed by atoms with Crippen LogP contribution in [0.2, 0.25) is 0 Å². The van der Waals surface area contributed by atoms with E-state index >= 15 is 0 Å². The highest BCUT2D eigenvalue weighted by atomic mass is 32.1. The standard InChI is InChI=1S/C16H16N2OS/c1-3-14(19)17-16-18(4-2)13-10-9-11-7-5-6-8-12(11)15(13)20-16/h5-10H,3-4H2,1-2H3. The number of carbonyl (C=O) groups excluding carboxylic acids is 1. The molecule has 0 saturated carbocycles. The molecule has 0 radical (unpaired) electrons. The summed E-state index contributed by atoms with van der Waals surface area (Å²) in [6, 6.07) is 12.6. The molecule has 20 heavy (non-hydrogen) atoms. The van der Waals surface area contributed by atoms with Gasteiger partial charge in [0.25, 0.3) is 0 Å². The molecule has 2 aromatic carbocycles. The van der Waals surface area contributed by atoms with Crippen LogP contribution >= 0.6 is 11.3 Å². The van der Waals surface area contributed by atoms with Gasteiger partial charge >= 0.3 is 0 Å². The monoisotopic (exact) mass is 284 g/mol. The highest BCUT2D eigenvalue weighted by Gasteiger charge is 2.08. The van der Waals surface area contributed by atoms with Crippen LogP contribution < -0.4 is 4.80 Å². The Hall–Kier alpha value is -1.94. The van der Waals surface area contributed by atoms with Gasteiger partial charge in [0.15, 0.2) is 4.80 Å². The van der Waals surface area contributed by atoms with Crippen molar-refractivity contribution in [1.82, 2.24) is 4.57 Å². The predicted octanol–water partition coefficient (Wildman–Crippen LogP) is 3.71. The molecule has 0 aliphatic carbocycles. The van der Waals surface area contributed by atoms with Crippen LogP contribution in [0.15, 0.2) is 41.4 Å². The minimum Gasteiger partial charge on any atom is -0.317 e. The molecule has 0 atom stereocenters. The summed E-state index contributed by atoms with van der Waals surface area (Å²) < 4.78 is 3.31. The van der Waals surface area contributed by atoms with Crippen LogP contribution in [-0.2, 0) is 11.3 Å². The van der Waals surface area contributed by atoms with Crippen molar-refractivity contribution in [3.8, 4) is 0 Å². The molecule has 0 fully saturated rings. The molecule has 0 N–H and O–H groups in total. The Morgan fingerprint density at radius 3 is 2.75 bits per heavy atom. The Morgan fingerprint density at radius 1 is 1.20 bits per heavy atom. The van der Waals surface area contributed by atoms with Crippen LogP contribution in [0, 0.1) is 0 Å². The molecule has 3 rings (SSSR count). The summed E-state index contributed by atoms with van der Waals surface area (Å²) in [6.45, 7) is 4.73. The largest absolute Gasteiger partial charge is 0.317 e. The minimum absolute atomic E-state index is 0.0666. The van der Waals surface area contributed by atoms with Gasteiger partial charge in [-0.15, -0.1) is 0 Å². The summed E-state index contributed by atoms with van der Waals surface area (Å²) in [5.74, 6) is -0.0666. The number of fused-ring (bicyclic) bond motifs is 3. The first kappa shape index (κ1) is 13.1. The lowest BCUT2D eigenvalue weighted by atomic mass is 10.1. The van der Waals surface area contributed by atoms with Crippen LogP contribution in [0.5, 0.6) is 0 Å². The summed E-state index contributed by atoms with van der Waals surface area (Å²) in [6.07, 6.45) is 0.443. The number of aromatic nitrogens is 1. The Labute approximate surface area is 121 Å².